The molecule has 0 spiro atoms. The second-order valence-electron chi connectivity index (χ2n) is 4.49. The van der Waals surface area contributed by atoms with Crippen LogP contribution in [0.1, 0.15) is 17.0 Å². The molecular formula is C13H11N7O. The molecule has 0 bridgehead atoms. The summed E-state index contributed by atoms with van der Waals surface area (Å²) in [6.07, 6.45) is 1.92. The Morgan fingerprint density at radius 1 is 1.43 bits per heavy atom. The minimum atomic E-state index is 0.0342. The molecule has 1 aliphatic rings. The number of nitrogens with one attached hydrogen (secondary N) is 3. The molecule has 8 nitrogen and oxygen atoms in total. The van der Waals surface area contributed by atoms with Crippen LogP contribution in [0.25, 0.3) is 5.57 Å². The van der Waals surface area contributed by atoms with Crippen molar-refractivity contribution in [3.63, 3.8) is 0 Å². The predicted molar refractivity (Wildman–Crippen MR) is 73.4 cm³/mol. The monoisotopic (exact) mass is 281 g/mol. The zero-order valence-electron chi connectivity index (χ0n) is 10.9. The molecule has 0 radical (unpaired) electrons. The second-order valence-corrected chi connectivity index (χ2v) is 4.49. The Kier molecular flexibility index (Phi) is 3.31. The molecule has 2 aromatic rings. The average Bonchev–Trinajstić information content (AvgIpc) is 3.02. The van der Waals surface area contributed by atoms with Crippen molar-refractivity contribution in [1.29, 1.82) is 5.26 Å². The fraction of sp³-hybridized carbons (Fsp3) is 0.154. The van der Waals surface area contributed by atoms with Crippen LogP contribution in [0.2, 0.25) is 0 Å². The fourth-order valence-corrected chi connectivity index (χ4v) is 2.06. The highest BCUT2D eigenvalue weighted by atomic mass is 16.1. The van der Waals surface area contributed by atoms with Crippen LogP contribution < -0.4 is 10.6 Å². The number of carbonyl (C=O) groups excluding carboxylic acids is 1. The maximum atomic E-state index is 11.3. The Balaban J connectivity index is 1.80. The molecule has 0 unspecified atom stereocenters. The number of rotatable bonds is 3. The second kappa shape index (κ2) is 5.42. The fourth-order valence-electron chi connectivity index (χ4n) is 2.06. The lowest BCUT2D eigenvalue weighted by atomic mass is 10.00. The highest BCUT2D eigenvalue weighted by Crippen LogP contribution is 2.20. The van der Waals surface area contributed by atoms with Gasteiger partial charge in [0, 0.05) is 18.4 Å². The van der Waals surface area contributed by atoms with Crippen molar-refractivity contribution in [3.05, 3.63) is 41.4 Å². The van der Waals surface area contributed by atoms with Crippen LogP contribution in [-0.2, 0) is 17.8 Å². The predicted octanol–water partition coefficient (Wildman–Crippen LogP) is 0.349. The van der Waals surface area contributed by atoms with Crippen LogP contribution in [0.15, 0.2) is 24.4 Å². The zero-order valence-corrected chi connectivity index (χ0v) is 10.9. The van der Waals surface area contributed by atoms with Crippen molar-refractivity contribution in [2.75, 3.05) is 5.32 Å². The van der Waals surface area contributed by atoms with Crippen LogP contribution in [0.4, 0.5) is 5.69 Å². The highest BCUT2D eigenvalue weighted by molar-refractivity contribution is 5.81. The number of allylic oxidation sites excluding steroid dienone is 1. The first kappa shape index (κ1) is 12.8. The SMILES string of the molecule is N#CC(=CNc1ccc2c(c1)CNC(=O)C2)c1nn[nH]n1. The molecule has 8 heteroatoms. The summed E-state index contributed by atoms with van der Waals surface area (Å²) in [7, 11) is 0. The Hall–Kier alpha value is -3.21. The maximum Gasteiger partial charge on any atom is 0.224 e. The number of aromatic amines is 1. The van der Waals surface area contributed by atoms with Gasteiger partial charge in [0.25, 0.3) is 0 Å². The maximum absolute atomic E-state index is 11.3. The molecule has 0 fully saturated rings. The number of nitriles is 1. The number of aromatic nitrogens is 4. The first-order chi connectivity index (χ1) is 10.3. The van der Waals surface area contributed by atoms with E-state index < -0.39 is 0 Å². The van der Waals surface area contributed by atoms with E-state index in [0.717, 1.165) is 16.8 Å². The van der Waals surface area contributed by atoms with Crippen molar-refractivity contribution < 1.29 is 4.79 Å². The first-order valence-corrected chi connectivity index (χ1v) is 6.25. The number of tetrazole rings is 1. The standard InChI is InChI=1S/C13H11N7O/c14-5-10(13-17-19-20-18-13)7-15-11-2-1-8-4-12(21)16-6-9(8)3-11/h1-3,7,15H,4,6H2,(H,16,21)(H,17,18,19,20). The van der Waals surface area contributed by atoms with Crippen molar-refractivity contribution >= 4 is 17.2 Å². The summed E-state index contributed by atoms with van der Waals surface area (Å²) in [5.41, 5.74) is 3.17. The van der Waals surface area contributed by atoms with E-state index in [2.05, 4.69) is 31.3 Å². The molecule has 1 aromatic carbocycles. The quantitative estimate of drug-likeness (QED) is 0.698. The van der Waals surface area contributed by atoms with Crippen molar-refractivity contribution in [2.24, 2.45) is 0 Å². The molecule has 1 aromatic heterocycles. The van der Waals surface area contributed by atoms with Gasteiger partial charge < -0.3 is 10.6 Å². The molecule has 104 valence electrons. The van der Waals surface area contributed by atoms with Gasteiger partial charge in [-0.2, -0.15) is 10.5 Å². The summed E-state index contributed by atoms with van der Waals surface area (Å²) in [6.45, 7) is 0.517. The molecule has 3 N–H and O–H groups in total. The van der Waals surface area contributed by atoms with E-state index in [4.69, 9.17) is 5.26 Å². The Morgan fingerprint density at radius 3 is 3.10 bits per heavy atom. The number of anilines is 1. The zero-order chi connectivity index (χ0) is 14.7. The smallest absolute Gasteiger partial charge is 0.224 e. The minimum Gasteiger partial charge on any atom is -0.360 e. The summed E-state index contributed by atoms with van der Waals surface area (Å²) in [5, 5.41) is 28.1. The number of hydrogen-bond acceptors (Lipinski definition) is 6. The third kappa shape index (κ3) is 2.71. The summed E-state index contributed by atoms with van der Waals surface area (Å²) in [6, 6.07) is 7.71. The van der Waals surface area contributed by atoms with Gasteiger partial charge in [0.05, 0.1) is 6.42 Å². The molecule has 0 saturated carbocycles. The number of amides is 1. The average molecular weight is 281 g/mol. The van der Waals surface area contributed by atoms with Gasteiger partial charge in [-0.25, -0.2) is 0 Å². The molecule has 1 aliphatic heterocycles. The summed E-state index contributed by atoms with van der Waals surface area (Å²) in [4.78, 5) is 11.3. The molecule has 0 saturated heterocycles. The van der Waals surface area contributed by atoms with Gasteiger partial charge in [0.15, 0.2) is 0 Å². The molecule has 1 amide bonds. The largest absolute Gasteiger partial charge is 0.360 e. The van der Waals surface area contributed by atoms with Gasteiger partial charge in [-0.3, -0.25) is 4.79 Å². The number of H-pyrrole nitrogens is 1. The van der Waals surface area contributed by atoms with E-state index in [1.165, 1.54) is 6.20 Å². The van der Waals surface area contributed by atoms with Gasteiger partial charge in [-0.05, 0) is 28.5 Å². The van der Waals surface area contributed by atoms with E-state index in [0.29, 0.717) is 13.0 Å². The van der Waals surface area contributed by atoms with Crippen LogP contribution in [0, 0.1) is 11.3 Å². The molecule has 21 heavy (non-hydrogen) atoms. The van der Waals surface area contributed by atoms with Gasteiger partial charge in [-0.1, -0.05) is 6.07 Å². The van der Waals surface area contributed by atoms with Gasteiger partial charge in [-0.15, -0.1) is 10.2 Å². The van der Waals surface area contributed by atoms with E-state index >= 15 is 0 Å². The van der Waals surface area contributed by atoms with Crippen LogP contribution in [-0.4, -0.2) is 26.5 Å². The van der Waals surface area contributed by atoms with E-state index in [-0.39, 0.29) is 17.3 Å². The Bertz CT molecular complexity index is 742. The van der Waals surface area contributed by atoms with Crippen LogP contribution in [0.3, 0.4) is 0 Å². The van der Waals surface area contributed by atoms with Crippen LogP contribution >= 0.6 is 0 Å². The third-order valence-corrected chi connectivity index (χ3v) is 3.12. The number of nitrogens with zero attached hydrogens (tertiary/aromatic N) is 4. The van der Waals surface area contributed by atoms with Gasteiger partial charge in [0.1, 0.15) is 11.6 Å². The molecule has 2 heterocycles. The lowest BCUT2D eigenvalue weighted by molar-refractivity contribution is -0.121. The lowest BCUT2D eigenvalue weighted by Gasteiger charge is -2.17. The van der Waals surface area contributed by atoms with Crippen LogP contribution in [0.5, 0.6) is 0 Å². The highest BCUT2D eigenvalue weighted by Gasteiger charge is 2.14. The van der Waals surface area contributed by atoms with Crippen molar-refractivity contribution in [1.82, 2.24) is 25.9 Å². The van der Waals surface area contributed by atoms with Crippen molar-refractivity contribution in [2.45, 2.75) is 13.0 Å². The Labute approximate surface area is 119 Å². The lowest BCUT2D eigenvalue weighted by Crippen LogP contribution is -2.30. The Morgan fingerprint density at radius 2 is 2.33 bits per heavy atom. The summed E-state index contributed by atoms with van der Waals surface area (Å²) < 4.78 is 0. The topological polar surface area (TPSA) is 119 Å². The number of benzene rings is 1. The molecular weight excluding hydrogens is 270 g/mol. The third-order valence-electron chi connectivity index (χ3n) is 3.12. The van der Waals surface area contributed by atoms with Gasteiger partial charge in [0.2, 0.25) is 11.7 Å². The summed E-state index contributed by atoms with van der Waals surface area (Å²) >= 11 is 0. The van der Waals surface area contributed by atoms with E-state index in [1.807, 2.05) is 24.3 Å². The molecule has 3 rings (SSSR count). The molecule has 0 aliphatic carbocycles. The van der Waals surface area contributed by atoms with E-state index in [1.54, 1.807) is 0 Å². The number of carbonyl (C=O) groups is 1. The van der Waals surface area contributed by atoms with Gasteiger partial charge >= 0.3 is 0 Å². The van der Waals surface area contributed by atoms with Crippen molar-refractivity contribution in [3.8, 4) is 6.07 Å². The first-order valence-electron chi connectivity index (χ1n) is 6.25. The normalized spacial score (nSPS) is 14.0. The minimum absolute atomic E-state index is 0.0342. The van der Waals surface area contributed by atoms with E-state index in [9.17, 15) is 4.79 Å². The number of hydrogen-bond donors (Lipinski definition) is 3. The molecule has 0 atom stereocenters. The number of fused-ring (bicyclic) bond motifs is 1. The summed E-state index contributed by atoms with van der Waals surface area (Å²) in [5.74, 6) is 0.266.